The van der Waals surface area contributed by atoms with Gasteiger partial charge in [-0.05, 0) is 74.1 Å². The summed E-state index contributed by atoms with van der Waals surface area (Å²) in [6.45, 7) is 7.39. The van der Waals surface area contributed by atoms with Crippen LogP contribution in [0.5, 0.6) is 0 Å². The fourth-order valence-corrected chi connectivity index (χ4v) is 9.75. The third kappa shape index (κ3) is 5.41. The number of nitrogens with zero attached hydrogens (tertiary/aromatic N) is 6. The first kappa shape index (κ1) is 30.2. The van der Waals surface area contributed by atoms with Gasteiger partial charge in [-0.3, -0.25) is 9.97 Å². The molecule has 0 amide bonds. The van der Waals surface area contributed by atoms with Crippen LogP contribution in [-0.2, 0) is 27.4 Å². The van der Waals surface area contributed by atoms with Crippen molar-refractivity contribution in [3.63, 3.8) is 0 Å². The molecule has 2 atom stereocenters. The molecule has 244 valence electrons. The Bertz CT molecular complexity index is 2080. The Hall–Kier alpha value is -4.16. The Morgan fingerprint density at radius 2 is 1.91 bits per heavy atom. The number of anilines is 1. The van der Waals surface area contributed by atoms with Crippen molar-refractivity contribution in [2.45, 2.75) is 76.2 Å². The zero-order valence-electron chi connectivity index (χ0n) is 26.9. The number of hydrogen-bond donors (Lipinski definition) is 1. The molecule has 47 heavy (non-hydrogen) atoms. The van der Waals surface area contributed by atoms with Crippen molar-refractivity contribution in [3.8, 4) is 22.7 Å². The SMILES string of the molecule is Cc1nnc(-c2c(CCC3CCOCC3)nc3c(c2-c2cn4cccc(NC5CCc6ncccc65)c4n2)S(=O)(=O)C[C@@H]3C(C)C)o1. The van der Waals surface area contributed by atoms with Gasteiger partial charge >= 0.3 is 0 Å². The van der Waals surface area contributed by atoms with E-state index in [1.807, 2.05) is 41.2 Å². The van der Waals surface area contributed by atoms with Crippen LogP contribution in [0.3, 0.4) is 0 Å². The minimum Gasteiger partial charge on any atom is -0.421 e. The number of hydrogen-bond acceptors (Lipinski definition) is 10. The molecule has 1 fully saturated rings. The van der Waals surface area contributed by atoms with Gasteiger partial charge in [-0.1, -0.05) is 19.9 Å². The van der Waals surface area contributed by atoms with E-state index in [1.54, 1.807) is 6.92 Å². The van der Waals surface area contributed by atoms with Crippen molar-refractivity contribution in [2.24, 2.45) is 11.8 Å². The highest BCUT2D eigenvalue weighted by molar-refractivity contribution is 7.92. The first-order chi connectivity index (χ1) is 22.8. The zero-order chi connectivity index (χ0) is 32.3. The van der Waals surface area contributed by atoms with E-state index in [2.05, 4.69) is 40.4 Å². The average Bonchev–Trinajstić information content (AvgIpc) is 3.85. The number of rotatable bonds is 8. The molecule has 11 nitrogen and oxygen atoms in total. The van der Waals surface area contributed by atoms with Gasteiger partial charge in [-0.2, -0.15) is 0 Å². The minimum atomic E-state index is -3.69. The Labute approximate surface area is 274 Å². The number of aryl methyl sites for hydroxylation is 3. The van der Waals surface area contributed by atoms with E-state index in [0.29, 0.717) is 46.4 Å². The number of sulfone groups is 1. The van der Waals surface area contributed by atoms with Crippen LogP contribution < -0.4 is 5.32 Å². The summed E-state index contributed by atoms with van der Waals surface area (Å²) in [7, 11) is -3.69. The molecule has 1 aliphatic carbocycles. The van der Waals surface area contributed by atoms with Gasteiger partial charge < -0.3 is 18.9 Å². The molecule has 12 heteroatoms. The smallest absolute Gasteiger partial charge is 0.250 e. The van der Waals surface area contributed by atoms with Gasteiger partial charge in [0.1, 0.15) is 0 Å². The summed E-state index contributed by atoms with van der Waals surface area (Å²) in [5.74, 6) is 1.05. The summed E-state index contributed by atoms with van der Waals surface area (Å²) in [5, 5.41) is 12.3. The Kier molecular flexibility index (Phi) is 7.59. The summed E-state index contributed by atoms with van der Waals surface area (Å²) >= 11 is 0. The predicted octanol–water partition coefficient (Wildman–Crippen LogP) is 6.14. The van der Waals surface area contributed by atoms with Gasteiger partial charge in [0.25, 0.3) is 0 Å². The third-order valence-corrected chi connectivity index (χ3v) is 11.9. The van der Waals surface area contributed by atoms with Gasteiger partial charge in [0.2, 0.25) is 11.8 Å². The molecule has 3 aliphatic rings. The number of nitrogens with one attached hydrogen (secondary N) is 1. The third-order valence-electron chi connectivity index (χ3n) is 10.0. The quantitative estimate of drug-likeness (QED) is 0.208. The van der Waals surface area contributed by atoms with Crippen molar-refractivity contribution in [2.75, 3.05) is 24.3 Å². The van der Waals surface area contributed by atoms with Gasteiger partial charge in [0.05, 0.1) is 45.0 Å². The van der Waals surface area contributed by atoms with Crippen LogP contribution in [0, 0.1) is 18.8 Å². The highest BCUT2D eigenvalue weighted by atomic mass is 32.2. The second-order valence-electron chi connectivity index (χ2n) is 13.4. The fraction of sp³-hybridized carbons (Fsp3) is 0.457. The van der Waals surface area contributed by atoms with Crippen LogP contribution in [0.4, 0.5) is 5.69 Å². The maximum Gasteiger partial charge on any atom is 0.250 e. The maximum atomic E-state index is 14.1. The van der Waals surface area contributed by atoms with Gasteiger partial charge in [0, 0.05) is 55.9 Å². The van der Waals surface area contributed by atoms with Crippen molar-refractivity contribution < 1.29 is 17.6 Å². The lowest BCUT2D eigenvalue weighted by molar-refractivity contribution is 0.0639. The molecule has 0 spiro atoms. The molecule has 5 aromatic rings. The van der Waals surface area contributed by atoms with Crippen molar-refractivity contribution in [3.05, 3.63) is 71.4 Å². The van der Waals surface area contributed by atoms with Crippen molar-refractivity contribution in [1.82, 2.24) is 29.5 Å². The minimum absolute atomic E-state index is 0.0149. The van der Waals surface area contributed by atoms with Crippen LogP contribution in [0.2, 0.25) is 0 Å². The standard InChI is InChI=1S/C35H39N7O4S/c1-20(2)24-19-47(43,44)33-30(31(35-41-40-21(3)46-35)27(38-32(24)33)9-8-22-12-16-45-17-13-22)29-18-42-15-5-7-28(34(42)39-29)37-26-11-10-25-23(26)6-4-14-36-25/h4-7,14-15,18,20,22,24,26,37H,8-13,16-17,19H2,1-3H3/t24-,26?/m1/s1. The molecule has 0 bridgehead atoms. The number of aromatic nitrogens is 6. The number of imidazole rings is 1. The lowest BCUT2D eigenvalue weighted by atomic mass is 9.89. The van der Waals surface area contributed by atoms with Crippen molar-refractivity contribution >= 4 is 21.2 Å². The summed E-state index contributed by atoms with van der Waals surface area (Å²) in [4.78, 5) is 15.1. The van der Waals surface area contributed by atoms with Gasteiger partial charge in [-0.15, -0.1) is 10.2 Å². The van der Waals surface area contributed by atoms with Gasteiger partial charge in [-0.25, -0.2) is 13.4 Å². The molecule has 0 saturated carbocycles. The average molecular weight is 654 g/mol. The lowest BCUT2D eigenvalue weighted by Crippen LogP contribution is -2.17. The Balaban J connectivity index is 1.31. The van der Waals surface area contributed by atoms with Gasteiger partial charge in [0.15, 0.2) is 15.5 Å². The number of pyridine rings is 3. The summed E-state index contributed by atoms with van der Waals surface area (Å²) < 4.78 is 41.9. The Morgan fingerprint density at radius 3 is 2.70 bits per heavy atom. The molecular formula is C35H39N7O4S. The van der Waals surface area contributed by atoms with E-state index in [0.717, 1.165) is 62.4 Å². The van der Waals surface area contributed by atoms with E-state index in [-0.39, 0.29) is 34.4 Å². The molecule has 1 unspecified atom stereocenters. The van der Waals surface area contributed by atoms with E-state index in [4.69, 9.17) is 19.1 Å². The topological polar surface area (TPSA) is 137 Å². The molecule has 0 radical (unpaired) electrons. The lowest BCUT2D eigenvalue weighted by Gasteiger charge is -2.23. The molecule has 8 rings (SSSR count). The summed E-state index contributed by atoms with van der Waals surface area (Å²) in [6.07, 6.45) is 11.1. The van der Waals surface area contributed by atoms with Crippen LogP contribution in [0.25, 0.3) is 28.4 Å². The maximum absolute atomic E-state index is 14.1. The van der Waals surface area contributed by atoms with E-state index < -0.39 is 9.84 Å². The highest BCUT2D eigenvalue weighted by Crippen LogP contribution is 2.48. The number of fused-ring (bicyclic) bond motifs is 3. The molecule has 2 aliphatic heterocycles. The molecule has 7 heterocycles. The van der Waals surface area contributed by atoms with Crippen LogP contribution in [0.15, 0.2) is 52.2 Å². The van der Waals surface area contributed by atoms with Crippen LogP contribution >= 0.6 is 0 Å². The summed E-state index contributed by atoms with van der Waals surface area (Å²) in [5.41, 5.74) is 6.91. The molecule has 1 saturated heterocycles. The van der Waals surface area contributed by atoms with Crippen molar-refractivity contribution in [1.29, 1.82) is 0 Å². The molecule has 5 aromatic heterocycles. The first-order valence-corrected chi connectivity index (χ1v) is 18.3. The predicted molar refractivity (Wildman–Crippen MR) is 177 cm³/mol. The van der Waals surface area contributed by atoms with Crippen LogP contribution in [0.1, 0.15) is 80.0 Å². The Morgan fingerprint density at radius 1 is 1.06 bits per heavy atom. The highest BCUT2D eigenvalue weighted by Gasteiger charge is 2.43. The molecule has 1 N–H and O–H groups in total. The van der Waals surface area contributed by atoms with E-state index >= 15 is 0 Å². The molecular weight excluding hydrogens is 614 g/mol. The largest absolute Gasteiger partial charge is 0.421 e. The monoisotopic (exact) mass is 653 g/mol. The fourth-order valence-electron chi connectivity index (χ4n) is 7.54. The second kappa shape index (κ2) is 11.8. The first-order valence-electron chi connectivity index (χ1n) is 16.6. The van der Waals surface area contributed by atoms with E-state index in [9.17, 15) is 8.42 Å². The number of ether oxygens (including phenoxy) is 1. The van der Waals surface area contributed by atoms with Crippen LogP contribution in [-0.4, -0.2) is 56.9 Å². The normalized spacial score (nSPS) is 20.6. The van der Waals surface area contributed by atoms with E-state index in [1.165, 1.54) is 5.56 Å². The molecule has 0 aromatic carbocycles. The summed E-state index contributed by atoms with van der Waals surface area (Å²) in [6, 6.07) is 8.20. The second-order valence-corrected chi connectivity index (χ2v) is 15.4. The zero-order valence-corrected chi connectivity index (χ0v) is 27.8.